The van der Waals surface area contributed by atoms with Crippen molar-refractivity contribution in [3.63, 3.8) is 0 Å². The first kappa shape index (κ1) is 13.9. The number of nitro groups is 1. The Kier molecular flexibility index (Phi) is 3.66. The normalized spacial score (nSPS) is 10.3. The third kappa shape index (κ3) is 2.75. The molecule has 2 rings (SSSR count). The van der Waals surface area contributed by atoms with Gasteiger partial charge in [-0.25, -0.2) is 8.78 Å². The van der Waals surface area contributed by atoms with Crippen LogP contribution in [0.2, 0.25) is 5.02 Å². The van der Waals surface area contributed by atoms with Crippen molar-refractivity contribution in [2.75, 3.05) is 5.73 Å². The third-order valence-corrected chi connectivity index (χ3v) is 2.48. The van der Waals surface area contributed by atoms with Gasteiger partial charge >= 0.3 is 5.69 Å². The fraction of sp³-hybridized carbons (Fsp3) is 0. The number of rotatable bonds is 3. The Labute approximate surface area is 115 Å². The van der Waals surface area contributed by atoms with Crippen LogP contribution in [0.25, 0.3) is 0 Å². The van der Waals surface area contributed by atoms with Crippen LogP contribution in [0, 0.1) is 21.7 Å². The van der Waals surface area contributed by atoms with E-state index >= 15 is 0 Å². The highest BCUT2D eigenvalue weighted by Gasteiger charge is 2.19. The summed E-state index contributed by atoms with van der Waals surface area (Å²) in [5.41, 5.74) is 4.69. The second kappa shape index (κ2) is 5.25. The van der Waals surface area contributed by atoms with Gasteiger partial charge in [0, 0.05) is 17.2 Å². The number of aromatic nitrogens is 1. The van der Waals surface area contributed by atoms with E-state index in [0.29, 0.717) is 6.07 Å². The predicted molar refractivity (Wildman–Crippen MR) is 66.7 cm³/mol. The van der Waals surface area contributed by atoms with Crippen molar-refractivity contribution in [2.45, 2.75) is 0 Å². The molecule has 2 aromatic rings. The van der Waals surface area contributed by atoms with Crippen LogP contribution < -0.4 is 10.5 Å². The Morgan fingerprint density at radius 2 is 2.00 bits per heavy atom. The molecule has 0 unspecified atom stereocenters. The lowest BCUT2D eigenvalue weighted by Gasteiger charge is -2.07. The largest absolute Gasteiger partial charge is 0.429 e. The molecule has 104 valence electrons. The van der Waals surface area contributed by atoms with Gasteiger partial charge in [0.25, 0.3) is 5.88 Å². The van der Waals surface area contributed by atoms with E-state index in [1.807, 2.05) is 0 Å². The van der Waals surface area contributed by atoms with Gasteiger partial charge in [0.05, 0.1) is 4.92 Å². The fourth-order valence-electron chi connectivity index (χ4n) is 1.36. The smallest absolute Gasteiger partial charge is 0.313 e. The summed E-state index contributed by atoms with van der Waals surface area (Å²) in [6, 6.07) is 3.98. The standard InChI is InChI=1S/C11H6ClF2N3O3/c12-5-1-2-9(8(3-5)17(18)19)20-11-7(14)4-6(13)10(15)16-11/h1-4H,(H2,15,16). The number of nitro benzene ring substituents is 1. The molecule has 1 aromatic heterocycles. The summed E-state index contributed by atoms with van der Waals surface area (Å²) in [6.45, 7) is 0. The van der Waals surface area contributed by atoms with Gasteiger partial charge in [-0.15, -0.1) is 0 Å². The number of pyridine rings is 1. The van der Waals surface area contributed by atoms with Gasteiger partial charge in [0.2, 0.25) is 5.75 Å². The minimum absolute atomic E-state index is 0.108. The summed E-state index contributed by atoms with van der Waals surface area (Å²) in [6.07, 6.45) is 0. The quantitative estimate of drug-likeness (QED) is 0.693. The topological polar surface area (TPSA) is 91.3 Å². The maximum Gasteiger partial charge on any atom is 0.313 e. The summed E-state index contributed by atoms with van der Waals surface area (Å²) in [5, 5.41) is 10.9. The molecule has 0 spiro atoms. The lowest BCUT2D eigenvalue weighted by atomic mass is 10.3. The van der Waals surface area contributed by atoms with E-state index in [4.69, 9.17) is 22.1 Å². The number of benzene rings is 1. The maximum atomic E-state index is 13.4. The summed E-state index contributed by atoms with van der Waals surface area (Å²) in [4.78, 5) is 13.4. The Balaban J connectivity index is 2.45. The van der Waals surface area contributed by atoms with Gasteiger partial charge in [-0.1, -0.05) is 11.6 Å². The van der Waals surface area contributed by atoms with Crippen LogP contribution in [0.5, 0.6) is 11.6 Å². The third-order valence-electron chi connectivity index (χ3n) is 2.25. The molecule has 0 aliphatic carbocycles. The van der Waals surface area contributed by atoms with Crippen molar-refractivity contribution < 1.29 is 18.4 Å². The number of nitrogens with two attached hydrogens (primary N) is 1. The zero-order chi connectivity index (χ0) is 14.9. The summed E-state index contributed by atoms with van der Waals surface area (Å²) >= 11 is 5.62. The zero-order valence-electron chi connectivity index (χ0n) is 9.64. The molecule has 0 atom stereocenters. The average Bonchev–Trinajstić information content (AvgIpc) is 2.37. The highest BCUT2D eigenvalue weighted by Crippen LogP contribution is 2.34. The SMILES string of the molecule is Nc1nc(Oc2ccc(Cl)cc2[N+](=O)[O-])c(F)cc1F. The number of hydrogen-bond acceptors (Lipinski definition) is 5. The number of halogens is 3. The van der Waals surface area contributed by atoms with Crippen molar-refractivity contribution in [2.24, 2.45) is 0 Å². The van der Waals surface area contributed by atoms with Crippen LogP contribution in [-0.4, -0.2) is 9.91 Å². The molecule has 0 radical (unpaired) electrons. The van der Waals surface area contributed by atoms with E-state index in [1.54, 1.807) is 0 Å². The number of hydrogen-bond donors (Lipinski definition) is 1. The first-order valence-corrected chi connectivity index (χ1v) is 5.49. The van der Waals surface area contributed by atoms with E-state index in [1.165, 1.54) is 12.1 Å². The van der Waals surface area contributed by atoms with Crippen LogP contribution in [0.4, 0.5) is 20.3 Å². The molecular weight excluding hydrogens is 296 g/mol. The first-order chi connectivity index (χ1) is 9.38. The highest BCUT2D eigenvalue weighted by atomic mass is 35.5. The van der Waals surface area contributed by atoms with Crippen LogP contribution in [0.3, 0.4) is 0 Å². The van der Waals surface area contributed by atoms with E-state index in [2.05, 4.69) is 4.98 Å². The van der Waals surface area contributed by atoms with Crippen LogP contribution in [0.1, 0.15) is 0 Å². The Morgan fingerprint density at radius 3 is 2.65 bits per heavy atom. The maximum absolute atomic E-state index is 13.4. The number of nitrogens with zero attached hydrogens (tertiary/aromatic N) is 2. The number of nitrogen functional groups attached to an aromatic ring is 1. The number of ether oxygens (including phenoxy) is 1. The Morgan fingerprint density at radius 1 is 1.30 bits per heavy atom. The summed E-state index contributed by atoms with van der Waals surface area (Å²) in [5.74, 6) is -3.74. The molecule has 0 fully saturated rings. The summed E-state index contributed by atoms with van der Waals surface area (Å²) in [7, 11) is 0. The molecule has 20 heavy (non-hydrogen) atoms. The lowest BCUT2D eigenvalue weighted by molar-refractivity contribution is -0.385. The Bertz CT molecular complexity index is 697. The molecule has 0 saturated carbocycles. The van der Waals surface area contributed by atoms with Crippen molar-refractivity contribution >= 4 is 23.1 Å². The van der Waals surface area contributed by atoms with E-state index in [9.17, 15) is 18.9 Å². The van der Waals surface area contributed by atoms with Gasteiger partial charge in [-0.05, 0) is 12.1 Å². The van der Waals surface area contributed by atoms with Gasteiger partial charge < -0.3 is 10.5 Å². The van der Waals surface area contributed by atoms with Crippen LogP contribution in [0.15, 0.2) is 24.3 Å². The minimum atomic E-state index is -1.14. The summed E-state index contributed by atoms with van der Waals surface area (Å²) < 4.78 is 31.4. The minimum Gasteiger partial charge on any atom is -0.429 e. The van der Waals surface area contributed by atoms with Crippen molar-refractivity contribution in [3.8, 4) is 11.6 Å². The van der Waals surface area contributed by atoms with Gasteiger partial charge in [0.15, 0.2) is 17.5 Å². The molecular formula is C11H6ClF2N3O3. The highest BCUT2D eigenvalue weighted by molar-refractivity contribution is 6.30. The van der Waals surface area contributed by atoms with Gasteiger partial charge in [-0.3, -0.25) is 10.1 Å². The molecule has 1 heterocycles. The second-order valence-corrected chi connectivity index (χ2v) is 4.05. The molecule has 2 N–H and O–H groups in total. The van der Waals surface area contributed by atoms with Crippen LogP contribution >= 0.6 is 11.6 Å². The molecule has 0 aliphatic rings. The number of anilines is 1. The van der Waals surface area contributed by atoms with Gasteiger partial charge in [-0.2, -0.15) is 4.98 Å². The molecule has 0 saturated heterocycles. The monoisotopic (exact) mass is 301 g/mol. The van der Waals surface area contributed by atoms with Crippen molar-refractivity contribution in [1.82, 2.24) is 4.98 Å². The first-order valence-electron chi connectivity index (χ1n) is 5.12. The molecule has 0 amide bonds. The van der Waals surface area contributed by atoms with Crippen molar-refractivity contribution in [3.05, 3.63) is 51.0 Å². The van der Waals surface area contributed by atoms with Crippen molar-refractivity contribution in [1.29, 1.82) is 0 Å². The lowest BCUT2D eigenvalue weighted by Crippen LogP contribution is -2.01. The fourth-order valence-corrected chi connectivity index (χ4v) is 1.52. The van der Waals surface area contributed by atoms with Gasteiger partial charge in [0.1, 0.15) is 0 Å². The van der Waals surface area contributed by atoms with E-state index < -0.39 is 33.9 Å². The molecule has 6 nitrogen and oxygen atoms in total. The zero-order valence-corrected chi connectivity index (χ0v) is 10.4. The molecule has 1 aromatic carbocycles. The molecule has 9 heteroatoms. The predicted octanol–water partition coefficient (Wildman–Crippen LogP) is 3.30. The Hall–Kier alpha value is -2.48. The van der Waals surface area contributed by atoms with E-state index in [-0.39, 0.29) is 10.8 Å². The second-order valence-electron chi connectivity index (χ2n) is 3.61. The average molecular weight is 302 g/mol. The molecule has 0 aliphatic heterocycles. The van der Waals surface area contributed by atoms with E-state index in [0.717, 1.165) is 6.07 Å². The molecule has 0 bridgehead atoms. The van der Waals surface area contributed by atoms with Crippen LogP contribution in [-0.2, 0) is 0 Å².